The van der Waals surface area contributed by atoms with E-state index in [1.807, 2.05) is 0 Å². The largest absolute Gasteiger partial charge is 0.453 e. The van der Waals surface area contributed by atoms with Crippen molar-refractivity contribution >= 4 is 28.6 Å². The van der Waals surface area contributed by atoms with Gasteiger partial charge in [-0.1, -0.05) is 12.1 Å². The number of alkyl halides is 3. The molecule has 4 aromatic rings. The fourth-order valence-electron chi connectivity index (χ4n) is 3.05. The number of halogens is 3. The van der Waals surface area contributed by atoms with Crippen LogP contribution in [0.3, 0.4) is 0 Å². The highest BCUT2D eigenvalue weighted by molar-refractivity contribution is 6.04. The molecular formula is C19H16F3N7O2. The van der Waals surface area contributed by atoms with Gasteiger partial charge in [-0.2, -0.15) is 13.2 Å². The highest BCUT2D eigenvalue weighted by atomic mass is 19.4. The van der Waals surface area contributed by atoms with Crippen LogP contribution in [0, 0.1) is 0 Å². The van der Waals surface area contributed by atoms with E-state index >= 15 is 0 Å². The topological polar surface area (TPSA) is 121 Å². The third-order valence-corrected chi connectivity index (χ3v) is 4.46. The van der Waals surface area contributed by atoms with Gasteiger partial charge in [-0.25, -0.2) is 19.7 Å². The number of nitrogens with one attached hydrogen (secondary N) is 4. The Morgan fingerprint density at radius 1 is 1.23 bits per heavy atom. The molecule has 4 rings (SSSR count). The van der Waals surface area contributed by atoms with Crippen LogP contribution >= 0.6 is 0 Å². The summed E-state index contributed by atoms with van der Waals surface area (Å²) in [5.74, 6) is 0.591. The minimum Gasteiger partial charge on any atom is -0.453 e. The maximum Gasteiger partial charge on any atom is 0.419 e. The van der Waals surface area contributed by atoms with Crippen molar-refractivity contribution in [2.24, 2.45) is 0 Å². The van der Waals surface area contributed by atoms with Gasteiger partial charge in [0.05, 0.1) is 30.6 Å². The first-order chi connectivity index (χ1) is 14.9. The molecule has 3 aromatic heterocycles. The number of hydrogen-bond acceptors (Lipinski definition) is 6. The molecule has 0 aliphatic rings. The van der Waals surface area contributed by atoms with Crippen LogP contribution in [-0.2, 0) is 17.5 Å². The number of benzene rings is 1. The van der Waals surface area contributed by atoms with Gasteiger partial charge in [-0.05, 0) is 6.07 Å². The smallest absolute Gasteiger partial charge is 0.419 e. The fourth-order valence-corrected chi connectivity index (χ4v) is 3.05. The number of amides is 1. The Hall–Kier alpha value is -4.09. The minimum absolute atomic E-state index is 0.0117. The standard InChI is InChI=1S/C19H16F3N7O2/c1-31-18(30)28-13-4-2-3-10-11(7-25-16(10)13)15-12(19(20,21)22)8-26-17(29-15)27-9-14-23-5-6-24-14/h2-8,25H,9H2,1H3,(H,23,24)(H,28,30)(H,26,27,29). The monoisotopic (exact) mass is 431 g/mol. The number of para-hydroxylation sites is 1. The second kappa shape index (κ2) is 7.97. The van der Waals surface area contributed by atoms with Crippen LogP contribution in [0.15, 0.2) is 43.0 Å². The summed E-state index contributed by atoms with van der Waals surface area (Å²) in [5.41, 5.74) is -0.289. The number of aromatic amines is 2. The third-order valence-electron chi connectivity index (χ3n) is 4.46. The molecule has 9 nitrogen and oxygen atoms in total. The molecule has 1 amide bonds. The summed E-state index contributed by atoms with van der Waals surface area (Å²) >= 11 is 0. The van der Waals surface area contributed by atoms with Gasteiger partial charge in [0.2, 0.25) is 5.95 Å². The Labute approximate surface area is 173 Å². The Morgan fingerprint density at radius 3 is 2.77 bits per heavy atom. The Balaban J connectivity index is 1.78. The van der Waals surface area contributed by atoms with E-state index in [1.165, 1.54) is 13.3 Å². The molecule has 31 heavy (non-hydrogen) atoms. The molecule has 0 aliphatic carbocycles. The number of aromatic nitrogens is 5. The van der Waals surface area contributed by atoms with Crippen LogP contribution in [0.4, 0.5) is 29.6 Å². The van der Waals surface area contributed by atoms with Crippen LogP contribution < -0.4 is 10.6 Å². The van der Waals surface area contributed by atoms with Crippen LogP contribution in [0.1, 0.15) is 11.4 Å². The van der Waals surface area contributed by atoms with Gasteiger partial charge in [0, 0.05) is 35.7 Å². The van der Waals surface area contributed by atoms with E-state index in [0.717, 1.165) is 6.20 Å². The number of methoxy groups -OCH3 is 1. The highest BCUT2D eigenvalue weighted by Gasteiger charge is 2.36. The second-order valence-electron chi connectivity index (χ2n) is 6.39. The summed E-state index contributed by atoms with van der Waals surface area (Å²) in [6, 6.07) is 4.83. The van der Waals surface area contributed by atoms with E-state index in [4.69, 9.17) is 0 Å². The lowest BCUT2D eigenvalue weighted by atomic mass is 10.1. The molecule has 3 heterocycles. The van der Waals surface area contributed by atoms with E-state index in [-0.39, 0.29) is 23.8 Å². The number of fused-ring (bicyclic) bond motifs is 1. The van der Waals surface area contributed by atoms with Gasteiger partial charge >= 0.3 is 12.3 Å². The Morgan fingerprint density at radius 2 is 2.06 bits per heavy atom. The average Bonchev–Trinajstić information content (AvgIpc) is 3.41. The average molecular weight is 431 g/mol. The van der Waals surface area contributed by atoms with Crippen molar-refractivity contribution in [3.63, 3.8) is 0 Å². The number of imidazole rings is 1. The van der Waals surface area contributed by atoms with E-state index < -0.39 is 17.8 Å². The van der Waals surface area contributed by atoms with Gasteiger partial charge in [0.1, 0.15) is 11.4 Å². The summed E-state index contributed by atoms with van der Waals surface area (Å²) < 4.78 is 45.6. The zero-order valence-corrected chi connectivity index (χ0v) is 16.0. The molecular weight excluding hydrogens is 415 g/mol. The predicted molar refractivity (Wildman–Crippen MR) is 106 cm³/mol. The molecule has 0 aliphatic heterocycles. The Bertz CT molecular complexity index is 1220. The zero-order chi connectivity index (χ0) is 22.0. The van der Waals surface area contributed by atoms with Crippen molar-refractivity contribution in [1.29, 1.82) is 0 Å². The molecule has 0 unspecified atom stereocenters. The number of rotatable bonds is 5. The van der Waals surface area contributed by atoms with Crippen molar-refractivity contribution in [2.45, 2.75) is 12.7 Å². The second-order valence-corrected chi connectivity index (χ2v) is 6.39. The molecule has 160 valence electrons. The van der Waals surface area contributed by atoms with E-state index in [2.05, 4.69) is 40.3 Å². The van der Waals surface area contributed by atoms with Crippen LogP contribution in [0.2, 0.25) is 0 Å². The fraction of sp³-hybridized carbons (Fsp3) is 0.158. The van der Waals surface area contributed by atoms with E-state index in [0.29, 0.717) is 22.4 Å². The quantitative estimate of drug-likeness (QED) is 0.377. The van der Waals surface area contributed by atoms with E-state index in [9.17, 15) is 18.0 Å². The van der Waals surface area contributed by atoms with Crippen LogP contribution in [0.25, 0.3) is 22.2 Å². The number of nitrogens with zero attached hydrogens (tertiary/aromatic N) is 3. The summed E-state index contributed by atoms with van der Waals surface area (Å²) in [4.78, 5) is 29.3. The van der Waals surface area contributed by atoms with Gasteiger partial charge in [0.15, 0.2) is 0 Å². The van der Waals surface area contributed by atoms with Crippen LogP contribution in [-0.4, -0.2) is 38.1 Å². The SMILES string of the molecule is COC(=O)Nc1cccc2c(-c3nc(NCc4ncc[nH]4)ncc3C(F)(F)F)c[nH]c12. The van der Waals surface area contributed by atoms with Gasteiger partial charge < -0.3 is 20.0 Å². The maximum absolute atomic E-state index is 13.7. The lowest BCUT2D eigenvalue weighted by Crippen LogP contribution is -2.12. The number of hydrogen-bond donors (Lipinski definition) is 4. The van der Waals surface area contributed by atoms with Crippen LogP contribution in [0.5, 0.6) is 0 Å². The number of carbonyl (C=O) groups is 1. The summed E-state index contributed by atoms with van der Waals surface area (Å²) in [5, 5.41) is 5.82. The molecule has 0 saturated heterocycles. The van der Waals surface area contributed by atoms with Crippen molar-refractivity contribution in [3.05, 3.63) is 54.4 Å². The molecule has 0 fully saturated rings. The molecule has 0 saturated carbocycles. The van der Waals surface area contributed by atoms with Crippen molar-refractivity contribution < 1.29 is 22.7 Å². The summed E-state index contributed by atoms with van der Waals surface area (Å²) in [6.45, 7) is 0.207. The summed E-state index contributed by atoms with van der Waals surface area (Å²) in [6.07, 6.45) is -0.0426. The first kappa shape index (κ1) is 20.2. The molecule has 12 heteroatoms. The first-order valence-corrected chi connectivity index (χ1v) is 8.98. The summed E-state index contributed by atoms with van der Waals surface area (Å²) in [7, 11) is 1.21. The highest BCUT2D eigenvalue weighted by Crippen LogP contribution is 2.39. The van der Waals surface area contributed by atoms with E-state index in [1.54, 1.807) is 30.6 Å². The Kier molecular flexibility index (Phi) is 5.19. The van der Waals surface area contributed by atoms with Crippen molar-refractivity contribution in [1.82, 2.24) is 24.9 Å². The molecule has 0 radical (unpaired) electrons. The maximum atomic E-state index is 13.7. The van der Waals surface area contributed by atoms with Gasteiger partial charge in [-0.15, -0.1) is 0 Å². The minimum atomic E-state index is -4.67. The number of carbonyl (C=O) groups excluding carboxylic acids is 1. The van der Waals surface area contributed by atoms with Gasteiger partial charge in [-0.3, -0.25) is 5.32 Å². The number of ether oxygens (including phenoxy) is 1. The predicted octanol–water partition coefficient (Wildman–Crippen LogP) is 4.16. The zero-order valence-electron chi connectivity index (χ0n) is 16.0. The molecule has 1 aromatic carbocycles. The normalized spacial score (nSPS) is 11.5. The third kappa shape index (κ3) is 4.13. The molecule has 4 N–H and O–H groups in total. The lowest BCUT2D eigenvalue weighted by Gasteiger charge is -2.13. The first-order valence-electron chi connectivity index (χ1n) is 8.98. The van der Waals surface area contributed by atoms with Crippen molar-refractivity contribution in [3.8, 4) is 11.3 Å². The molecule has 0 atom stereocenters. The molecule has 0 spiro atoms. The molecule has 0 bridgehead atoms. The lowest BCUT2D eigenvalue weighted by molar-refractivity contribution is -0.137. The van der Waals surface area contributed by atoms with Gasteiger partial charge in [0.25, 0.3) is 0 Å². The van der Waals surface area contributed by atoms with Crippen molar-refractivity contribution in [2.75, 3.05) is 17.7 Å². The number of anilines is 2. The number of H-pyrrole nitrogens is 2.